The van der Waals surface area contributed by atoms with Crippen LogP contribution in [0.2, 0.25) is 0 Å². The summed E-state index contributed by atoms with van der Waals surface area (Å²) in [6, 6.07) is 18.3. The van der Waals surface area contributed by atoms with E-state index in [1.165, 1.54) is 5.56 Å². The monoisotopic (exact) mass is 299 g/mol. The number of amides is 1. The molecular weight excluding hydrogens is 278 g/mol. The Morgan fingerprint density at radius 1 is 1.10 bits per heavy atom. The first kappa shape index (κ1) is 15.6. The van der Waals surface area contributed by atoms with Crippen molar-refractivity contribution in [1.82, 2.24) is 5.32 Å². The molecule has 0 bridgehead atoms. The molecule has 0 aliphatic heterocycles. The number of thioether (sulfide) groups is 1. The molecule has 21 heavy (non-hydrogen) atoms. The van der Waals surface area contributed by atoms with E-state index in [-0.39, 0.29) is 11.9 Å². The molecule has 0 saturated carbocycles. The first-order valence-corrected chi connectivity index (χ1v) is 8.41. The molecule has 0 radical (unpaired) electrons. The van der Waals surface area contributed by atoms with Crippen LogP contribution < -0.4 is 5.32 Å². The van der Waals surface area contributed by atoms with E-state index in [4.69, 9.17) is 0 Å². The zero-order valence-electron chi connectivity index (χ0n) is 12.5. The Bertz CT molecular complexity index is 583. The molecule has 0 heterocycles. The second-order valence-electron chi connectivity index (χ2n) is 5.10. The summed E-state index contributed by atoms with van der Waals surface area (Å²) in [5, 5.41) is 3.09. The summed E-state index contributed by atoms with van der Waals surface area (Å²) in [5.74, 6) is 0.0144. The van der Waals surface area contributed by atoms with Gasteiger partial charge in [0.15, 0.2) is 0 Å². The zero-order valence-corrected chi connectivity index (χ0v) is 13.3. The SMILES string of the molecule is CSc1ccccc1C(=O)N[C@H](C)CCc1ccccc1. The second kappa shape index (κ2) is 7.89. The van der Waals surface area contributed by atoms with Crippen LogP contribution in [0.25, 0.3) is 0 Å². The Morgan fingerprint density at radius 2 is 1.76 bits per heavy atom. The van der Waals surface area contributed by atoms with Gasteiger partial charge in [0.1, 0.15) is 0 Å². The molecule has 2 nitrogen and oxygen atoms in total. The van der Waals surface area contributed by atoms with Crippen LogP contribution in [0.15, 0.2) is 59.5 Å². The van der Waals surface area contributed by atoms with Crippen LogP contribution in [-0.2, 0) is 6.42 Å². The Kier molecular flexibility index (Phi) is 5.88. The fourth-order valence-corrected chi connectivity index (χ4v) is 2.83. The Balaban J connectivity index is 1.90. The molecule has 2 rings (SSSR count). The van der Waals surface area contributed by atoms with E-state index in [1.807, 2.05) is 48.7 Å². The van der Waals surface area contributed by atoms with E-state index < -0.39 is 0 Å². The van der Waals surface area contributed by atoms with Gasteiger partial charge >= 0.3 is 0 Å². The summed E-state index contributed by atoms with van der Waals surface area (Å²) in [6.07, 6.45) is 3.91. The fourth-order valence-electron chi connectivity index (χ4n) is 2.23. The molecule has 0 saturated heterocycles. The van der Waals surface area contributed by atoms with Crippen molar-refractivity contribution in [2.24, 2.45) is 0 Å². The van der Waals surface area contributed by atoms with E-state index in [0.717, 1.165) is 23.3 Å². The average Bonchev–Trinajstić information content (AvgIpc) is 2.53. The van der Waals surface area contributed by atoms with E-state index >= 15 is 0 Å². The van der Waals surface area contributed by atoms with E-state index in [0.29, 0.717) is 0 Å². The predicted octanol–water partition coefficient (Wildman–Crippen LogP) is 4.16. The highest BCUT2D eigenvalue weighted by Crippen LogP contribution is 2.19. The summed E-state index contributed by atoms with van der Waals surface area (Å²) >= 11 is 1.60. The van der Waals surface area contributed by atoms with Crippen molar-refractivity contribution in [3.8, 4) is 0 Å². The van der Waals surface area contributed by atoms with Crippen molar-refractivity contribution in [1.29, 1.82) is 0 Å². The molecule has 0 aromatic heterocycles. The smallest absolute Gasteiger partial charge is 0.252 e. The number of carbonyl (C=O) groups excluding carboxylic acids is 1. The molecule has 0 aliphatic carbocycles. The molecule has 1 atom stereocenters. The van der Waals surface area contributed by atoms with Crippen LogP contribution in [0.1, 0.15) is 29.3 Å². The van der Waals surface area contributed by atoms with Crippen molar-refractivity contribution >= 4 is 17.7 Å². The molecule has 0 unspecified atom stereocenters. The Morgan fingerprint density at radius 3 is 2.48 bits per heavy atom. The van der Waals surface area contributed by atoms with Gasteiger partial charge in [-0.2, -0.15) is 0 Å². The van der Waals surface area contributed by atoms with Gasteiger partial charge in [-0.3, -0.25) is 4.79 Å². The van der Waals surface area contributed by atoms with Crippen LogP contribution in [0.5, 0.6) is 0 Å². The third-order valence-corrected chi connectivity index (χ3v) is 4.23. The minimum absolute atomic E-state index is 0.0144. The Hall–Kier alpha value is -1.74. The highest BCUT2D eigenvalue weighted by molar-refractivity contribution is 7.98. The first-order chi connectivity index (χ1) is 10.2. The molecule has 2 aromatic rings. The van der Waals surface area contributed by atoms with Gasteiger partial charge in [0.05, 0.1) is 5.56 Å². The number of hydrogen-bond acceptors (Lipinski definition) is 2. The van der Waals surface area contributed by atoms with Gasteiger partial charge in [0, 0.05) is 10.9 Å². The molecule has 0 spiro atoms. The number of nitrogens with one attached hydrogen (secondary N) is 1. The van der Waals surface area contributed by atoms with Gasteiger partial charge < -0.3 is 5.32 Å². The largest absolute Gasteiger partial charge is 0.350 e. The average molecular weight is 299 g/mol. The summed E-state index contributed by atoms with van der Waals surface area (Å²) in [4.78, 5) is 13.3. The van der Waals surface area contributed by atoms with Crippen molar-refractivity contribution < 1.29 is 4.79 Å². The second-order valence-corrected chi connectivity index (χ2v) is 5.95. The van der Waals surface area contributed by atoms with Crippen molar-refractivity contribution in [3.05, 3.63) is 65.7 Å². The van der Waals surface area contributed by atoms with E-state index in [2.05, 4.69) is 24.4 Å². The molecule has 2 aromatic carbocycles. The van der Waals surface area contributed by atoms with Gasteiger partial charge in [-0.05, 0) is 43.7 Å². The lowest BCUT2D eigenvalue weighted by Crippen LogP contribution is -2.33. The molecule has 3 heteroatoms. The van der Waals surface area contributed by atoms with E-state index in [1.54, 1.807) is 11.8 Å². The van der Waals surface area contributed by atoms with Crippen LogP contribution in [0.4, 0.5) is 0 Å². The number of rotatable bonds is 6. The molecule has 1 amide bonds. The lowest BCUT2D eigenvalue weighted by Gasteiger charge is -2.15. The number of carbonyl (C=O) groups is 1. The van der Waals surface area contributed by atoms with Crippen LogP contribution in [0.3, 0.4) is 0 Å². The summed E-state index contributed by atoms with van der Waals surface area (Å²) in [7, 11) is 0. The van der Waals surface area contributed by atoms with Crippen LogP contribution in [-0.4, -0.2) is 18.2 Å². The molecule has 0 fully saturated rings. The zero-order chi connectivity index (χ0) is 15.1. The molecule has 1 N–H and O–H groups in total. The standard InChI is InChI=1S/C18H21NOS/c1-14(12-13-15-8-4-3-5-9-15)19-18(20)16-10-6-7-11-17(16)21-2/h3-11,14H,12-13H2,1-2H3,(H,19,20)/t14-/m1/s1. The van der Waals surface area contributed by atoms with Gasteiger partial charge in [-0.25, -0.2) is 0 Å². The van der Waals surface area contributed by atoms with Gasteiger partial charge in [0.2, 0.25) is 0 Å². The van der Waals surface area contributed by atoms with Crippen molar-refractivity contribution in [3.63, 3.8) is 0 Å². The summed E-state index contributed by atoms with van der Waals surface area (Å²) < 4.78 is 0. The highest BCUT2D eigenvalue weighted by Gasteiger charge is 2.12. The maximum absolute atomic E-state index is 12.3. The van der Waals surface area contributed by atoms with Crippen molar-refractivity contribution in [2.75, 3.05) is 6.26 Å². The molecule has 0 aliphatic rings. The summed E-state index contributed by atoms with van der Waals surface area (Å²) in [5.41, 5.74) is 2.07. The number of benzene rings is 2. The van der Waals surface area contributed by atoms with Gasteiger partial charge in [-0.15, -0.1) is 11.8 Å². The normalized spacial score (nSPS) is 11.9. The maximum Gasteiger partial charge on any atom is 0.252 e. The minimum Gasteiger partial charge on any atom is -0.350 e. The Labute approximate surface area is 131 Å². The topological polar surface area (TPSA) is 29.1 Å². The lowest BCUT2D eigenvalue weighted by atomic mass is 10.1. The lowest BCUT2D eigenvalue weighted by molar-refractivity contribution is 0.0935. The van der Waals surface area contributed by atoms with Crippen LogP contribution >= 0.6 is 11.8 Å². The highest BCUT2D eigenvalue weighted by atomic mass is 32.2. The van der Waals surface area contributed by atoms with E-state index in [9.17, 15) is 4.79 Å². The molecular formula is C18H21NOS. The van der Waals surface area contributed by atoms with Crippen molar-refractivity contribution in [2.45, 2.75) is 30.7 Å². The minimum atomic E-state index is 0.0144. The first-order valence-electron chi connectivity index (χ1n) is 7.18. The number of aryl methyl sites for hydroxylation is 1. The molecule has 110 valence electrons. The van der Waals surface area contributed by atoms with Crippen LogP contribution in [0, 0.1) is 0 Å². The van der Waals surface area contributed by atoms with Gasteiger partial charge in [0.25, 0.3) is 5.91 Å². The fraction of sp³-hybridized carbons (Fsp3) is 0.278. The summed E-state index contributed by atoms with van der Waals surface area (Å²) in [6.45, 7) is 2.06. The van der Waals surface area contributed by atoms with Gasteiger partial charge in [-0.1, -0.05) is 42.5 Å². The third-order valence-electron chi connectivity index (χ3n) is 3.44. The predicted molar refractivity (Wildman–Crippen MR) is 89.9 cm³/mol. The maximum atomic E-state index is 12.3. The quantitative estimate of drug-likeness (QED) is 0.812. The third kappa shape index (κ3) is 4.64. The number of hydrogen-bond donors (Lipinski definition) is 1.